The largest absolute Gasteiger partial charge is 1.00 e. The van der Waals surface area contributed by atoms with E-state index < -0.39 is 11.1 Å². The van der Waals surface area contributed by atoms with Crippen LogP contribution in [-0.2, 0) is 11.1 Å². The maximum absolute atomic E-state index is 10.3. The zero-order chi connectivity index (χ0) is 6.20. The molecule has 1 fully saturated rings. The molecule has 0 N–H and O–H groups in total. The van der Waals surface area contributed by atoms with Crippen LogP contribution in [-0.4, -0.2) is 13.5 Å². The van der Waals surface area contributed by atoms with E-state index in [2.05, 4.69) is 0 Å². The molecule has 0 aromatic rings. The predicted molar refractivity (Wildman–Crippen MR) is 31.2 cm³/mol. The Morgan fingerprint density at radius 1 is 1.56 bits per heavy atom. The Bertz CT molecular complexity index is 122. The smallest absolute Gasteiger partial charge is 0.772 e. The minimum absolute atomic E-state index is 0. The molecule has 0 heterocycles. The van der Waals surface area contributed by atoms with Gasteiger partial charge in [-0.3, -0.25) is 4.21 Å². The van der Waals surface area contributed by atoms with Gasteiger partial charge in [0.15, 0.2) is 0 Å². The van der Waals surface area contributed by atoms with E-state index in [1.807, 2.05) is 0 Å². The van der Waals surface area contributed by atoms with Crippen molar-refractivity contribution in [1.29, 1.82) is 0 Å². The molecule has 0 bridgehead atoms. The second-order valence-corrected chi connectivity index (χ2v) is 3.99. The summed E-state index contributed by atoms with van der Waals surface area (Å²) in [6.07, 6.45) is 2.77. The molecule has 2 nitrogen and oxygen atoms in total. The van der Waals surface area contributed by atoms with Crippen LogP contribution in [0.5, 0.6) is 0 Å². The van der Waals surface area contributed by atoms with Crippen LogP contribution in [0.2, 0.25) is 0 Å². The number of hydrogen-bond donors (Lipinski definition) is 0. The fraction of sp³-hybridized carbons (Fsp3) is 1.00. The maximum atomic E-state index is 10.3. The second-order valence-electron chi connectivity index (χ2n) is 2.54. The Morgan fingerprint density at radius 3 is 2.00 bits per heavy atom. The number of hydrogen-bond acceptors (Lipinski definition) is 2. The van der Waals surface area contributed by atoms with Crippen molar-refractivity contribution in [2.45, 2.75) is 30.9 Å². The summed E-state index contributed by atoms with van der Waals surface area (Å²) in [7, 11) is 0. The standard InChI is InChI=1S/C5H10O2S.Na/c1-5(8(6)7)3-2-4-5;/h2-4H2,1H3,(H,6,7);/q;+1/p-1. The van der Waals surface area contributed by atoms with Crippen LogP contribution < -0.4 is 29.6 Å². The van der Waals surface area contributed by atoms with Gasteiger partial charge in [-0.2, -0.15) is 0 Å². The zero-order valence-corrected chi connectivity index (χ0v) is 8.66. The first kappa shape index (κ1) is 10.1. The van der Waals surface area contributed by atoms with Gasteiger partial charge in [0.2, 0.25) is 0 Å². The third-order valence-electron chi connectivity index (χ3n) is 1.81. The molecule has 0 saturated heterocycles. The summed E-state index contributed by atoms with van der Waals surface area (Å²) in [5, 5.41) is 0. The Balaban J connectivity index is 0.000000640. The second kappa shape index (κ2) is 3.49. The van der Waals surface area contributed by atoms with Crippen molar-refractivity contribution in [3.8, 4) is 0 Å². The summed E-state index contributed by atoms with van der Waals surface area (Å²) >= 11 is -1.84. The fourth-order valence-electron chi connectivity index (χ4n) is 0.841. The third kappa shape index (κ3) is 2.02. The van der Waals surface area contributed by atoms with Gasteiger partial charge < -0.3 is 4.55 Å². The minimum Gasteiger partial charge on any atom is -0.772 e. The molecule has 1 rings (SSSR count). The first-order valence-corrected chi connectivity index (χ1v) is 3.82. The van der Waals surface area contributed by atoms with Crippen molar-refractivity contribution in [2.75, 3.05) is 0 Å². The Hall–Kier alpha value is 1.11. The van der Waals surface area contributed by atoms with E-state index >= 15 is 0 Å². The third-order valence-corrected chi connectivity index (χ3v) is 3.03. The fourth-order valence-corrected chi connectivity index (χ4v) is 1.46. The van der Waals surface area contributed by atoms with Gasteiger partial charge in [-0.1, -0.05) is 6.42 Å². The molecular weight excluding hydrogens is 147 g/mol. The van der Waals surface area contributed by atoms with Gasteiger partial charge in [0.05, 0.1) is 0 Å². The first-order valence-electron chi connectivity index (χ1n) is 2.74. The quantitative estimate of drug-likeness (QED) is 0.320. The predicted octanol–water partition coefficient (Wildman–Crippen LogP) is -2.19. The van der Waals surface area contributed by atoms with Crippen molar-refractivity contribution in [3.63, 3.8) is 0 Å². The number of rotatable bonds is 1. The molecule has 0 aromatic carbocycles. The van der Waals surface area contributed by atoms with Gasteiger partial charge in [0.25, 0.3) is 0 Å². The summed E-state index contributed by atoms with van der Waals surface area (Å²) in [4.78, 5) is 0. The molecule has 1 aliphatic carbocycles. The van der Waals surface area contributed by atoms with Crippen molar-refractivity contribution in [2.24, 2.45) is 0 Å². The molecular formula is C5H9NaO2S. The van der Waals surface area contributed by atoms with Gasteiger partial charge in [-0.15, -0.1) is 0 Å². The molecule has 1 saturated carbocycles. The van der Waals surface area contributed by atoms with Crippen LogP contribution in [0.15, 0.2) is 0 Å². The first-order chi connectivity index (χ1) is 3.65. The molecule has 4 heteroatoms. The van der Waals surface area contributed by atoms with E-state index in [1.165, 1.54) is 0 Å². The molecule has 1 unspecified atom stereocenters. The average molecular weight is 156 g/mol. The Labute approximate surface area is 80.0 Å². The topological polar surface area (TPSA) is 40.1 Å². The molecule has 0 radical (unpaired) electrons. The van der Waals surface area contributed by atoms with E-state index in [0.29, 0.717) is 0 Å². The minimum atomic E-state index is -1.84. The van der Waals surface area contributed by atoms with E-state index in [4.69, 9.17) is 0 Å². The van der Waals surface area contributed by atoms with Crippen molar-refractivity contribution < 1.29 is 38.3 Å². The van der Waals surface area contributed by atoms with Crippen LogP contribution >= 0.6 is 0 Å². The van der Waals surface area contributed by atoms with Gasteiger partial charge in [-0.25, -0.2) is 0 Å². The van der Waals surface area contributed by atoms with Crippen molar-refractivity contribution in [3.05, 3.63) is 0 Å². The van der Waals surface area contributed by atoms with E-state index in [1.54, 1.807) is 6.92 Å². The van der Waals surface area contributed by atoms with Crippen LogP contribution in [0.25, 0.3) is 0 Å². The molecule has 0 spiro atoms. The molecule has 1 aliphatic rings. The Kier molecular flexibility index (Phi) is 3.92. The molecule has 0 aromatic heterocycles. The molecule has 0 aliphatic heterocycles. The summed E-state index contributed by atoms with van der Waals surface area (Å²) in [6, 6.07) is 0. The van der Waals surface area contributed by atoms with Gasteiger partial charge in [0, 0.05) is 4.75 Å². The van der Waals surface area contributed by atoms with Crippen LogP contribution in [0.4, 0.5) is 0 Å². The van der Waals surface area contributed by atoms with E-state index in [0.717, 1.165) is 19.3 Å². The monoisotopic (exact) mass is 156 g/mol. The summed E-state index contributed by atoms with van der Waals surface area (Å²) < 4.78 is 20.2. The molecule has 9 heavy (non-hydrogen) atoms. The SMILES string of the molecule is CC1(S(=O)[O-])CCC1.[Na+]. The zero-order valence-electron chi connectivity index (χ0n) is 5.85. The van der Waals surface area contributed by atoms with Gasteiger partial charge in [0.1, 0.15) is 0 Å². The molecule has 48 valence electrons. The van der Waals surface area contributed by atoms with Crippen molar-refractivity contribution in [1.82, 2.24) is 0 Å². The Morgan fingerprint density at radius 2 is 2.00 bits per heavy atom. The van der Waals surface area contributed by atoms with Crippen LogP contribution in [0.1, 0.15) is 26.2 Å². The van der Waals surface area contributed by atoms with E-state index in [-0.39, 0.29) is 34.3 Å². The average Bonchev–Trinajstić information content (AvgIpc) is 1.60. The van der Waals surface area contributed by atoms with Gasteiger partial charge in [-0.05, 0) is 30.8 Å². The van der Waals surface area contributed by atoms with Crippen molar-refractivity contribution >= 4 is 11.1 Å². The van der Waals surface area contributed by atoms with Gasteiger partial charge >= 0.3 is 29.6 Å². The van der Waals surface area contributed by atoms with Crippen LogP contribution in [0.3, 0.4) is 0 Å². The van der Waals surface area contributed by atoms with E-state index in [9.17, 15) is 8.76 Å². The summed E-state index contributed by atoms with van der Waals surface area (Å²) in [5.41, 5.74) is 0. The summed E-state index contributed by atoms with van der Waals surface area (Å²) in [6.45, 7) is 1.79. The maximum Gasteiger partial charge on any atom is 1.00 e. The molecule has 1 atom stereocenters. The summed E-state index contributed by atoms with van der Waals surface area (Å²) in [5.74, 6) is 0. The molecule has 0 amide bonds. The normalized spacial score (nSPS) is 25.6. The van der Waals surface area contributed by atoms with Crippen LogP contribution in [0, 0.1) is 0 Å².